The number of rotatable bonds is 4. The molecule has 0 radical (unpaired) electrons. The average molecular weight is 783 g/mol. The number of nitrogens with zero attached hydrogens (tertiary/aromatic N) is 4. The Bertz CT molecular complexity index is 1960. The van der Waals surface area contributed by atoms with Crippen LogP contribution in [0.25, 0.3) is 21.8 Å². The number of hydrogen-bond donors (Lipinski definition) is 6. The molecule has 4 aromatic carbocycles. The highest BCUT2D eigenvalue weighted by Crippen LogP contribution is 2.38. The second kappa shape index (κ2) is 14.7. The fourth-order valence-electron chi connectivity index (χ4n) is 4.13. The number of fused-ring (bicyclic) bond motifs is 2. The van der Waals surface area contributed by atoms with Gasteiger partial charge in [0.1, 0.15) is 5.82 Å². The zero-order valence-electron chi connectivity index (χ0n) is 23.7. The fourth-order valence-corrected chi connectivity index (χ4v) is 5.17. The first-order chi connectivity index (χ1) is 22.0. The summed E-state index contributed by atoms with van der Waals surface area (Å²) < 4.78 is 14.6. The number of aryl methyl sites for hydroxylation is 1. The molecule has 0 saturated heterocycles. The zero-order chi connectivity index (χ0) is 32.8. The van der Waals surface area contributed by atoms with Crippen molar-refractivity contribution in [2.75, 3.05) is 10.6 Å². The van der Waals surface area contributed by atoms with E-state index < -0.39 is 0 Å². The minimum Gasteiger partial charge on any atom is -0.493 e. The van der Waals surface area contributed by atoms with Crippen molar-refractivity contribution >= 4 is 111 Å². The number of thiocarbonyl (C=S) groups is 2. The summed E-state index contributed by atoms with van der Waals surface area (Å²) in [5.41, 5.74) is 4.76. The van der Waals surface area contributed by atoms with Gasteiger partial charge in [0.15, 0.2) is 11.4 Å². The predicted octanol–water partition coefficient (Wildman–Crippen LogP) is 10.7. The second-order valence-corrected chi connectivity index (χ2v) is 12.3. The molecule has 0 fully saturated rings. The minimum atomic E-state index is -0.336. The molecule has 0 atom stereocenters. The Kier molecular flexibility index (Phi) is 10.5. The van der Waals surface area contributed by atoms with E-state index in [1.165, 1.54) is 24.3 Å². The lowest BCUT2D eigenvalue weighted by molar-refractivity contribution is 0.459. The maximum absolute atomic E-state index is 12.8. The topological polar surface area (TPSA) is 146 Å². The van der Waals surface area contributed by atoms with E-state index in [1.807, 2.05) is 67.6 Å². The van der Waals surface area contributed by atoms with Crippen LogP contribution in [0.5, 0.6) is 11.8 Å². The number of azo groups is 2. The maximum Gasteiger partial charge on any atom is 0.218 e. The van der Waals surface area contributed by atoms with Crippen molar-refractivity contribution < 1.29 is 14.6 Å². The number of aromatic hydroxyl groups is 2. The van der Waals surface area contributed by atoms with Crippen molar-refractivity contribution in [2.45, 2.75) is 6.92 Å². The van der Waals surface area contributed by atoms with Gasteiger partial charge in [0.2, 0.25) is 22.0 Å². The number of nitrogens with one attached hydrogen (secondary N) is 4. The molecule has 6 aromatic rings. The molecule has 0 unspecified atom stereocenters. The van der Waals surface area contributed by atoms with Gasteiger partial charge in [0.25, 0.3) is 0 Å². The van der Waals surface area contributed by atoms with Gasteiger partial charge in [-0.25, -0.2) is 4.39 Å². The third-order valence-electron chi connectivity index (χ3n) is 6.31. The standard InChI is InChI=1S/C16H13BrN4OS.C15H10BrFN4OS/c1-9-2-5-11(6-3-9)18-16(23)21-20-14-12-8-10(17)4-7-13(12)19-15(14)22;16-8-1-6-12-11(7-8)13(14(22)19-12)20-21-15(23)18-10-4-2-9(17)3-5-10/h2-8,19,22H,1H3,(H,18,23);1-7,19,22H,(H,18,23). The molecule has 0 aliphatic heterocycles. The van der Waals surface area contributed by atoms with Crippen LogP contribution in [0.3, 0.4) is 0 Å². The SMILES string of the molecule is Cc1ccc(NC(=S)N=Nc2c(O)[nH]c3ccc(Br)cc23)cc1.Oc1[nH]c2ccc(Br)cc2c1N=NC(=S)Nc1ccc(F)cc1. The Balaban J connectivity index is 0.000000181. The van der Waals surface area contributed by atoms with Gasteiger partial charge in [-0.05, 0) is 104 Å². The molecule has 6 N–H and O–H groups in total. The molecule has 0 saturated carbocycles. The van der Waals surface area contributed by atoms with Gasteiger partial charge in [-0.15, -0.1) is 20.5 Å². The van der Waals surface area contributed by atoms with E-state index in [2.05, 4.69) is 72.9 Å². The number of aromatic amines is 2. The molecule has 2 aromatic heterocycles. The van der Waals surface area contributed by atoms with E-state index in [-0.39, 0.29) is 27.8 Å². The van der Waals surface area contributed by atoms with Gasteiger partial charge in [-0.2, -0.15) is 0 Å². The highest BCUT2D eigenvalue weighted by atomic mass is 79.9. The summed E-state index contributed by atoms with van der Waals surface area (Å²) in [6.45, 7) is 2.01. The van der Waals surface area contributed by atoms with E-state index in [9.17, 15) is 14.6 Å². The summed E-state index contributed by atoms with van der Waals surface area (Å²) in [7, 11) is 0. The summed E-state index contributed by atoms with van der Waals surface area (Å²) in [5, 5.41) is 43.4. The first kappa shape index (κ1) is 32.8. The van der Waals surface area contributed by atoms with E-state index in [1.54, 1.807) is 0 Å². The third-order valence-corrected chi connectivity index (χ3v) is 7.66. The summed E-state index contributed by atoms with van der Waals surface area (Å²) in [6, 6.07) is 24.5. The van der Waals surface area contributed by atoms with Crippen molar-refractivity contribution in [1.29, 1.82) is 0 Å². The predicted molar refractivity (Wildman–Crippen MR) is 194 cm³/mol. The van der Waals surface area contributed by atoms with Gasteiger partial charge in [-0.1, -0.05) is 49.6 Å². The molecule has 46 heavy (non-hydrogen) atoms. The number of H-pyrrole nitrogens is 2. The van der Waals surface area contributed by atoms with Crippen molar-refractivity contribution in [3.8, 4) is 11.8 Å². The molecule has 0 amide bonds. The number of hydrogen-bond acceptors (Lipinski definition) is 6. The fraction of sp³-hybridized carbons (Fsp3) is 0.0323. The van der Waals surface area contributed by atoms with Crippen LogP contribution in [0.4, 0.5) is 27.1 Å². The Labute approximate surface area is 289 Å². The summed E-state index contributed by atoms with van der Waals surface area (Å²) >= 11 is 17.0. The maximum atomic E-state index is 12.8. The summed E-state index contributed by atoms with van der Waals surface area (Å²) in [5.74, 6) is -0.469. The molecular formula is C31H23Br2FN8O2S2. The first-order valence-corrected chi connectivity index (χ1v) is 15.7. The highest BCUT2D eigenvalue weighted by Gasteiger charge is 2.12. The van der Waals surface area contributed by atoms with Crippen molar-refractivity contribution in [2.24, 2.45) is 20.5 Å². The summed E-state index contributed by atoms with van der Waals surface area (Å²) in [4.78, 5) is 5.66. The number of aromatic nitrogens is 2. The van der Waals surface area contributed by atoms with E-state index in [4.69, 9.17) is 24.4 Å². The van der Waals surface area contributed by atoms with E-state index in [0.717, 1.165) is 36.6 Å². The number of halogens is 3. The molecule has 2 heterocycles. The lowest BCUT2D eigenvalue weighted by Crippen LogP contribution is -2.04. The van der Waals surface area contributed by atoms with Crippen LogP contribution in [-0.4, -0.2) is 30.4 Å². The molecule has 6 rings (SSSR count). The lowest BCUT2D eigenvalue weighted by atomic mass is 10.2. The van der Waals surface area contributed by atoms with E-state index >= 15 is 0 Å². The Hall–Kier alpha value is -4.57. The monoisotopic (exact) mass is 780 g/mol. The van der Waals surface area contributed by atoms with Crippen LogP contribution in [0.2, 0.25) is 0 Å². The second-order valence-electron chi connectivity index (χ2n) is 9.66. The average Bonchev–Trinajstić information content (AvgIpc) is 3.51. The minimum absolute atomic E-state index is 0.0417. The van der Waals surface area contributed by atoms with E-state index in [0.29, 0.717) is 22.4 Å². The van der Waals surface area contributed by atoms with Crippen LogP contribution in [0, 0.1) is 12.7 Å². The Morgan fingerprint density at radius 3 is 1.52 bits per heavy atom. The summed E-state index contributed by atoms with van der Waals surface area (Å²) in [6.07, 6.45) is 0. The molecule has 0 bridgehead atoms. The zero-order valence-corrected chi connectivity index (χ0v) is 28.5. The van der Waals surface area contributed by atoms with Crippen molar-refractivity contribution in [3.63, 3.8) is 0 Å². The van der Waals surface area contributed by atoms with Gasteiger partial charge >= 0.3 is 0 Å². The highest BCUT2D eigenvalue weighted by molar-refractivity contribution is 9.10. The quantitative estimate of drug-likeness (QED) is 0.0776. The van der Waals surface area contributed by atoms with Crippen molar-refractivity contribution in [3.05, 3.63) is 105 Å². The molecule has 0 aliphatic rings. The Morgan fingerprint density at radius 2 is 1.09 bits per heavy atom. The smallest absolute Gasteiger partial charge is 0.218 e. The van der Waals surface area contributed by atoms with Crippen LogP contribution < -0.4 is 10.6 Å². The first-order valence-electron chi connectivity index (χ1n) is 13.3. The van der Waals surface area contributed by atoms with Gasteiger partial charge in [-0.3, -0.25) is 0 Å². The molecule has 0 spiro atoms. The third kappa shape index (κ3) is 8.37. The van der Waals surface area contributed by atoms with Crippen LogP contribution in [0.15, 0.2) is 114 Å². The Morgan fingerprint density at radius 1 is 0.674 bits per heavy atom. The van der Waals surface area contributed by atoms with Crippen LogP contribution in [-0.2, 0) is 0 Å². The van der Waals surface area contributed by atoms with Crippen LogP contribution in [0.1, 0.15) is 5.56 Å². The van der Waals surface area contributed by atoms with Gasteiger partial charge < -0.3 is 30.8 Å². The molecule has 0 aliphatic carbocycles. The number of anilines is 2. The molecule has 15 heteroatoms. The van der Waals surface area contributed by atoms with Gasteiger partial charge in [0, 0.05) is 31.1 Å². The molecule has 10 nitrogen and oxygen atoms in total. The van der Waals surface area contributed by atoms with Crippen molar-refractivity contribution in [1.82, 2.24) is 9.97 Å². The molecule has 232 valence electrons. The molecular weight excluding hydrogens is 759 g/mol. The largest absolute Gasteiger partial charge is 0.493 e. The normalized spacial score (nSPS) is 11.2. The van der Waals surface area contributed by atoms with Crippen LogP contribution >= 0.6 is 56.3 Å². The number of benzene rings is 4. The van der Waals surface area contributed by atoms with Gasteiger partial charge in [0.05, 0.1) is 11.0 Å². The lowest BCUT2D eigenvalue weighted by Gasteiger charge is -2.03.